The Bertz CT molecular complexity index is 813. The van der Waals surface area contributed by atoms with Crippen molar-refractivity contribution >= 4 is 11.7 Å². The first-order chi connectivity index (χ1) is 14.2. The number of aromatic nitrogens is 2. The number of para-hydroxylation sites is 2. The third kappa shape index (κ3) is 4.87. The van der Waals surface area contributed by atoms with Gasteiger partial charge in [-0.3, -0.25) is 0 Å². The van der Waals surface area contributed by atoms with E-state index in [1.807, 2.05) is 31.2 Å². The Balaban J connectivity index is 1.22. The predicted molar refractivity (Wildman–Crippen MR) is 107 cm³/mol. The Morgan fingerprint density at radius 2 is 2.07 bits per heavy atom. The molecule has 2 fully saturated rings. The second-order valence-corrected chi connectivity index (χ2v) is 7.54. The summed E-state index contributed by atoms with van der Waals surface area (Å²) in [4.78, 5) is 18.7. The first-order valence-corrected chi connectivity index (χ1v) is 10.4. The van der Waals surface area contributed by atoms with E-state index in [1.54, 1.807) is 4.90 Å². The second kappa shape index (κ2) is 9.26. The molecular weight excluding hydrogens is 372 g/mol. The molecule has 4 rings (SSSR count). The predicted octanol–water partition coefficient (Wildman–Crippen LogP) is 3.60. The van der Waals surface area contributed by atoms with Gasteiger partial charge in [0.25, 0.3) is 0 Å². The van der Waals surface area contributed by atoms with Crippen LogP contribution in [0.3, 0.4) is 0 Å². The molecule has 2 aliphatic rings. The minimum Gasteiger partial charge on any atom is -0.492 e. The summed E-state index contributed by atoms with van der Waals surface area (Å²) in [6.07, 6.45) is 5.90. The lowest BCUT2D eigenvalue weighted by atomic mass is 10.0. The molecule has 8 heteroatoms. The third-order valence-corrected chi connectivity index (χ3v) is 5.41. The quantitative estimate of drug-likeness (QED) is 0.728. The molecule has 1 aliphatic carbocycles. The monoisotopic (exact) mass is 400 g/mol. The van der Waals surface area contributed by atoms with Crippen molar-refractivity contribution < 1.29 is 18.8 Å². The van der Waals surface area contributed by atoms with Crippen molar-refractivity contribution in [1.29, 1.82) is 0 Å². The zero-order valence-electron chi connectivity index (χ0n) is 16.8. The number of nitrogens with zero attached hydrogens (tertiary/aromatic N) is 3. The van der Waals surface area contributed by atoms with E-state index in [0.29, 0.717) is 62.0 Å². The topological polar surface area (TPSA) is 89.7 Å². The van der Waals surface area contributed by atoms with Crippen LogP contribution in [0.25, 0.3) is 0 Å². The molecule has 1 aliphatic heterocycles. The summed E-state index contributed by atoms with van der Waals surface area (Å²) in [5.74, 6) is 2.02. The SMILES string of the molecule is CCOc1ccccc1NC(=O)N1CC(c2nc(CCOC3CCCC3)no2)C1. The molecule has 156 valence electrons. The molecule has 0 radical (unpaired) electrons. The van der Waals surface area contributed by atoms with Crippen LogP contribution in [0.2, 0.25) is 0 Å². The van der Waals surface area contributed by atoms with Crippen molar-refractivity contribution in [3.05, 3.63) is 36.0 Å². The average molecular weight is 400 g/mol. The van der Waals surface area contributed by atoms with Gasteiger partial charge in [-0.1, -0.05) is 30.1 Å². The van der Waals surface area contributed by atoms with E-state index in [2.05, 4.69) is 15.5 Å². The highest BCUT2D eigenvalue weighted by Crippen LogP contribution is 2.29. The minimum atomic E-state index is -0.155. The van der Waals surface area contributed by atoms with Crippen molar-refractivity contribution in [3.63, 3.8) is 0 Å². The summed E-state index contributed by atoms with van der Waals surface area (Å²) < 4.78 is 16.8. The molecule has 1 saturated carbocycles. The zero-order valence-corrected chi connectivity index (χ0v) is 16.8. The fourth-order valence-electron chi connectivity index (χ4n) is 3.75. The fraction of sp³-hybridized carbons (Fsp3) is 0.571. The second-order valence-electron chi connectivity index (χ2n) is 7.54. The van der Waals surface area contributed by atoms with Crippen LogP contribution in [-0.2, 0) is 11.2 Å². The Morgan fingerprint density at radius 3 is 2.86 bits per heavy atom. The minimum absolute atomic E-state index is 0.0832. The summed E-state index contributed by atoms with van der Waals surface area (Å²) in [7, 11) is 0. The molecule has 1 saturated heterocycles. The molecule has 1 aromatic carbocycles. The van der Waals surface area contributed by atoms with Gasteiger partial charge in [0.15, 0.2) is 5.82 Å². The van der Waals surface area contributed by atoms with Crippen LogP contribution in [0.4, 0.5) is 10.5 Å². The number of urea groups is 1. The lowest BCUT2D eigenvalue weighted by Gasteiger charge is -2.36. The highest BCUT2D eigenvalue weighted by atomic mass is 16.5. The number of hydrogen-bond acceptors (Lipinski definition) is 6. The van der Waals surface area contributed by atoms with Gasteiger partial charge < -0.3 is 24.2 Å². The Hall–Kier alpha value is -2.61. The van der Waals surface area contributed by atoms with Crippen molar-refractivity contribution in [3.8, 4) is 5.75 Å². The van der Waals surface area contributed by atoms with Gasteiger partial charge in [-0.25, -0.2) is 4.79 Å². The van der Waals surface area contributed by atoms with E-state index < -0.39 is 0 Å². The van der Waals surface area contributed by atoms with Crippen molar-refractivity contribution in [2.75, 3.05) is 31.6 Å². The maximum absolute atomic E-state index is 12.5. The van der Waals surface area contributed by atoms with E-state index in [9.17, 15) is 4.79 Å². The molecule has 0 bridgehead atoms. The summed E-state index contributed by atoms with van der Waals surface area (Å²) in [6.45, 7) is 4.20. The fourth-order valence-corrected chi connectivity index (χ4v) is 3.75. The van der Waals surface area contributed by atoms with E-state index >= 15 is 0 Å². The zero-order chi connectivity index (χ0) is 20.1. The van der Waals surface area contributed by atoms with Crippen molar-refractivity contribution in [2.24, 2.45) is 0 Å². The molecule has 1 aromatic heterocycles. The largest absolute Gasteiger partial charge is 0.492 e. The van der Waals surface area contributed by atoms with E-state index in [4.69, 9.17) is 14.0 Å². The van der Waals surface area contributed by atoms with Gasteiger partial charge in [0.2, 0.25) is 5.89 Å². The van der Waals surface area contributed by atoms with Crippen LogP contribution in [0.15, 0.2) is 28.8 Å². The summed E-state index contributed by atoms with van der Waals surface area (Å²) in [5.41, 5.74) is 0.671. The summed E-state index contributed by atoms with van der Waals surface area (Å²) >= 11 is 0. The van der Waals surface area contributed by atoms with Gasteiger partial charge in [-0.05, 0) is 31.9 Å². The van der Waals surface area contributed by atoms with Gasteiger partial charge in [0.1, 0.15) is 5.75 Å². The number of likely N-dealkylation sites (tertiary alicyclic amines) is 1. The Labute approximate surface area is 170 Å². The van der Waals surface area contributed by atoms with Crippen molar-refractivity contribution in [2.45, 2.75) is 51.0 Å². The van der Waals surface area contributed by atoms with Crippen LogP contribution in [-0.4, -0.2) is 53.5 Å². The summed E-state index contributed by atoms with van der Waals surface area (Å²) in [5, 5.41) is 6.96. The van der Waals surface area contributed by atoms with Crippen LogP contribution >= 0.6 is 0 Å². The van der Waals surface area contributed by atoms with Gasteiger partial charge in [-0.15, -0.1) is 0 Å². The average Bonchev–Trinajstić information content (AvgIpc) is 3.35. The molecule has 2 heterocycles. The number of amides is 2. The highest BCUT2D eigenvalue weighted by molar-refractivity contribution is 5.91. The molecule has 29 heavy (non-hydrogen) atoms. The van der Waals surface area contributed by atoms with Crippen LogP contribution in [0.1, 0.15) is 50.2 Å². The van der Waals surface area contributed by atoms with E-state index in [-0.39, 0.29) is 11.9 Å². The maximum Gasteiger partial charge on any atom is 0.321 e. The molecule has 0 spiro atoms. The maximum atomic E-state index is 12.5. The molecule has 0 atom stereocenters. The van der Waals surface area contributed by atoms with E-state index in [0.717, 1.165) is 12.8 Å². The van der Waals surface area contributed by atoms with Gasteiger partial charge in [0, 0.05) is 19.5 Å². The normalized spacial score (nSPS) is 17.3. The number of nitrogens with one attached hydrogen (secondary N) is 1. The molecule has 0 unspecified atom stereocenters. The van der Waals surface area contributed by atoms with Crippen LogP contribution in [0.5, 0.6) is 5.75 Å². The Morgan fingerprint density at radius 1 is 1.28 bits per heavy atom. The van der Waals surface area contributed by atoms with Crippen molar-refractivity contribution in [1.82, 2.24) is 15.0 Å². The lowest BCUT2D eigenvalue weighted by Crippen LogP contribution is -2.50. The Kier molecular flexibility index (Phi) is 6.29. The molecule has 1 N–H and O–H groups in total. The number of hydrogen-bond donors (Lipinski definition) is 1. The highest BCUT2D eigenvalue weighted by Gasteiger charge is 2.36. The molecule has 8 nitrogen and oxygen atoms in total. The number of rotatable bonds is 8. The number of ether oxygens (including phenoxy) is 2. The smallest absolute Gasteiger partial charge is 0.321 e. The van der Waals surface area contributed by atoms with Gasteiger partial charge in [-0.2, -0.15) is 4.98 Å². The lowest BCUT2D eigenvalue weighted by molar-refractivity contribution is 0.0596. The number of carbonyl (C=O) groups excluding carboxylic acids is 1. The van der Waals surface area contributed by atoms with Gasteiger partial charge >= 0.3 is 6.03 Å². The third-order valence-electron chi connectivity index (χ3n) is 5.41. The molecule has 2 aromatic rings. The standard InChI is InChI=1S/C21H28N4O4/c1-2-27-18-10-6-5-9-17(18)22-21(26)25-13-15(14-25)20-23-19(24-29-20)11-12-28-16-7-3-4-8-16/h5-6,9-10,15-16H,2-4,7-8,11-14H2,1H3,(H,22,26). The number of carbonyl (C=O) groups is 1. The molecule has 2 amide bonds. The first-order valence-electron chi connectivity index (χ1n) is 10.4. The van der Waals surface area contributed by atoms with E-state index in [1.165, 1.54) is 12.8 Å². The molecular formula is C21H28N4O4. The number of anilines is 1. The van der Waals surface area contributed by atoms with Crippen LogP contribution < -0.4 is 10.1 Å². The van der Waals surface area contributed by atoms with Gasteiger partial charge in [0.05, 0.1) is 30.9 Å². The first kappa shape index (κ1) is 19.7. The number of benzene rings is 1. The summed E-state index contributed by atoms with van der Waals surface area (Å²) in [6, 6.07) is 7.27. The van der Waals surface area contributed by atoms with Crippen LogP contribution in [0, 0.1) is 0 Å².